The largest absolute Gasteiger partial charge is 0.392 e. The highest BCUT2D eigenvalue weighted by Crippen LogP contribution is 2.18. The summed E-state index contributed by atoms with van der Waals surface area (Å²) in [5.41, 5.74) is 0. The van der Waals surface area contributed by atoms with E-state index in [9.17, 15) is 5.11 Å². The van der Waals surface area contributed by atoms with Crippen LogP contribution in [0.2, 0.25) is 0 Å². The second-order valence-electron chi connectivity index (χ2n) is 3.46. The Labute approximate surface area is 69.0 Å². The summed E-state index contributed by atoms with van der Waals surface area (Å²) in [6.45, 7) is 4.09. The van der Waals surface area contributed by atoms with Crippen LogP contribution in [0.1, 0.15) is 32.6 Å². The third-order valence-electron chi connectivity index (χ3n) is 2.52. The number of hydrogen-bond donors (Lipinski definition) is 2. The molecule has 1 fully saturated rings. The molecule has 1 aliphatic rings. The molecule has 2 N–H and O–H groups in total. The Morgan fingerprint density at radius 3 is 3.00 bits per heavy atom. The molecule has 0 saturated carbocycles. The maximum absolute atomic E-state index is 9.53. The molecule has 1 saturated heterocycles. The van der Waals surface area contributed by atoms with E-state index in [1.54, 1.807) is 0 Å². The van der Waals surface area contributed by atoms with Gasteiger partial charge in [-0.1, -0.05) is 19.8 Å². The standard InChI is InChI=1S/C9H19NO/c1-2-3-4-8-5-6-10-7-9(8)11/h8-11H,2-7H2,1H3/t8?,9-/m1/s1. The molecule has 0 radical (unpaired) electrons. The topological polar surface area (TPSA) is 32.3 Å². The van der Waals surface area contributed by atoms with E-state index in [4.69, 9.17) is 0 Å². The van der Waals surface area contributed by atoms with E-state index in [-0.39, 0.29) is 6.10 Å². The van der Waals surface area contributed by atoms with Crippen LogP contribution < -0.4 is 5.32 Å². The average Bonchev–Trinajstić information content (AvgIpc) is 2.03. The highest BCUT2D eigenvalue weighted by Gasteiger charge is 2.21. The molecule has 2 nitrogen and oxygen atoms in total. The van der Waals surface area contributed by atoms with Crippen LogP contribution in [0.5, 0.6) is 0 Å². The van der Waals surface area contributed by atoms with Crippen molar-refractivity contribution in [3.8, 4) is 0 Å². The van der Waals surface area contributed by atoms with Gasteiger partial charge in [0, 0.05) is 6.54 Å². The lowest BCUT2D eigenvalue weighted by atomic mass is 9.90. The first-order chi connectivity index (χ1) is 5.34. The molecule has 11 heavy (non-hydrogen) atoms. The fourth-order valence-corrected chi connectivity index (χ4v) is 1.70. The maximum Gasteiger partial charge on any atom is 0.0693 e. The summed E-state index contributed by atoms with van der Waals surface area (Å²) in [5.74, 6) is 0.566. The summed E-state index contributed by atoms with van der Waals surface area (Å²) in [5, 5.41) is 12.7. The summed E-state index contributed by atoms with van der Waals surface area (Å²) in [6, 6.07) is 0. The zero-order valence-electron chi connectivity index (χ0n) is 7.34. The first-order valence-corrected chi connectivity index (χ1v) is 4.73. The number of unbranched alkanes of at least 4 members (excludes halogenated alkanes) is 1. The van der Waals surface area contributed by atoms with Crippen LogP contribution in [-0.2, 0) is 0 Å². The lowest BCUT2D eigenvalue weighted by Gasteiger charge is -2.28. The van der Waals surface area contributed by atoms with Crippen molar-refractivity contribution in [3.05, 3.63) is 0 Å². The molecule has 1 heterocycles. The van der Waals surface area contributed by atoms with Gasteiger partial charge in [0.2, 0.25) is 0 Å². The number of hydrogen-bond acceptors (Lipinski definition) is 2. The second kappa shape index (κ2) is 4.73. The fraction of sp³-hybridized carbons (Fsp3) is 1.00. The minimum absolute atomic E-state index is 0.0877. The van der Waals surface area contributed by atoms with E-state index >= 15 is 0 Å². The van der Waals surface area contributed by atoms with E-state index in [0.717, 1.165) is 19.5 Å². The predicted molar refractivity (Wildman–Crippen MR) is 46.5 cm³/mol. The van der Waals surface area contributed by atoms with Gasteiger partial charge in [-0.3, -0.25) is 0 Å². The quantitative estimate of drug-likeness (QED) is 0.644. The minimum Gasteiger partial charge on any atom is -0.392 e. The Hall–Kier alpha value is -0.0800. The van der Waals surface area contributed by atoms with Crippen molar-refractivity contribution in [2.75, 3.05) is 13.1 Å². The Kier molecular flexibility index (Phi) is 3.87. The van der Waals surface area contributed by atoms with Crippen molar-refractivity contribution in [1.82, 2.24) is 5.32 Å². The average molecular weight is 157 g/mol. The van der Waals surface area contributed by atoms with Gasteiger partial charge in [-0.2, -0.15) is 0 Å². The van der Waals surface area contributed by atoms with Crippen LogP contribution >= 0.6 is 0 Å². The zero-order valence-corrected chi connectivity index (χ0v) is 7.34. The normalized spacial score (nSPS) is 32.2. The molecule has 2 atom stereocenters. The Bertz CT molecular complexity index is 106. The third kappa shape index (κ3) is 2.80. The number of nitrogens with one attached hydrogen (secondary N) is 1. The first-order valence-electron chi connectivity index (χ1n) is 4.73. The summed E-state index contributed by atoms with van der Waals surface area (Å²) < 4.78 is 0. The van der Waals surface area contributed by atoms with Gasteiger partial charge in [-0.25, -0.2) is 0 Å². The van der Waals surface area contributed by atoms with E-state index < -0.39 is 0 Å². The molecule has 1 aliphatic heterocycles. The van der Waals surface area contributed by atoms with Crippen LogP contribution in [-0.4, -0.2) is 24.3 Å². The molecule has 0 aromatic carbocycles. The highest BCUT2D eigenvalue weighted by atomic mass is 16.3. The minimum atomic E-state index is -0.0877. The van der Waals surface area contributed by atoms with Crippen LogP contribution in [0.25, 0.3) is 0 Å². The van der Waals surface area contributed by atoms with Crippen LogP contribution in [0.3, 0.4) is 0 Å². The second-order valence-corrected chi connectivity index (χ2v) is 3.46. The molecule has 66 valence electrons. The maximum atomic E-state index is 9.53. The van der Waals surface area contributed by atoms with Crippen LogP contribution in [0, 0.1) is 5.92 Å². The van der Waals surface area contributed by atoms with E-state index in [1.807, 2.05) is 0 Å². The van der Waals surface area contributed by atoms with Gasteiger partial charge in [0.25, 0.3) is 0 Å². The van der Waals surface area contributed by atoms with Gasteiger partial charge < -0.3 is 10.4 Å². The molecule has 1 unspecified atom stereocenters. The molecule has 0 aromatic heterocycles. The number of β-amino-alcohol motifs (C(OH)–C–C–N with tert-alkyl or cyclic N) is 1. The third-order valence-corrected chi connectivity index (χ3v) is 2.52. The SMILES string of the molecule is CCCCC1CCNC[C@H]1O. The zero-order chi connectivity index (χ0) is 8.10. The fourth-order valence-electron chi connectivity index (χ4n) is 1.70. The monoisotopic (exact) mass is 157 g/mol. The molecule has 0 aromatic rings. The summed E-state index contributed by atoms with van der Waals surface area (Å²) in [7, 11) is 0. The van der Waals surface area contributed by atoms with Gasteiger partial charge in [-0.05, 0) is 25.3 Å². The van der Waals surface area contributed by atoms with Crippen molar-refractivity contribution in [3.63, 3.8) is 0 Å². The molecule has 1 rings (SSSR count). The van der Waals surface area contributed by atoms with Crippen molar-refractivity contribution in [1.29, 1.82) is 0 Å². The van der Waals surface area contributed by atoms with Gasteiger partial charge >= 0.3 is 0 Å². The lowest BCUT2D eigenvalue weighted by molar-refractivity contribution is 0.0760. The predicted octanol–water partition coefficient (Wildman–Crippen LogP) is 1.15. The molecule has 0 bridgehead atoms. The van der Waals surface area contributed by atoms with Crippen molar-refractivity contribution in [2.24, 2.45) is 5.92 Å². The molecular formula is C9H19NO. The number of rotatable bonds is 3. The van der Waals surface area contributed by atoms with Crippen LogP contribution in [0.4, 0.5) is 0 Å². The summed E-state index contributed by atoms with van der Waals surface area (Å²) in [6.07, 6.45) is 4.79. The first kappa shape index (κ1) is 9.01. The lowest BCUT2D eigenvalue weighted by Crippen LogP contribution is -2.40. The number of aliphatic hydroxyl groups is 1. The van der Waals surface area contributed by atoms with Crippen molar-refractivity contribution in [2.45, 2.75) is 38.7 Å². The molecule has 0 amide bonds. The summed E-state index contributed by atoms with van der Waals surface area (Å²) >= 11 is 0. The Balaban J connectivity index is 2.18. The molecular weight excluding hydrogens is 138 g/mol. The smallest absolute Gasteiger partial charge is 0.0693 e. The van der Waals surface area contributed by atoms with Crippen molar-refractivity contribution < 1.29 is 5.11 Å². The number of piperidine rings is 1. The van der Waals surface area contributed by atoms with Gasteiger partial charge in [0.1, 0.15) is 0 Å². The molecule has 2 heteroatoms. The van der Waals surface area contributed by atoms with Gasteiger partial charge in [0.05, 0.1) is 6.10 Å². The summed E-state index contributed by atoms with van der Waals surface area (Å²) in [4.78, 5) is 0. The van der Waals surface area contributed by atoms with Crippen LogP contribution in [0.15, 0.2) is 0 Å². The Morgan fingerprint density at radius 2 is 2.36 bits per heavy atom. The number of aliphatic hydroxyl groups excluding tert-OH is 1. The van der Waals surface area contributed by atoms with Crippen molar-refractivity contribution >= 4 is 0 Å². The molecule has 0 spiro atoms. The van der Waals surface area contributed by atoms with E-state index in [1.165, 1.54) is 19.3 Å². The van der Waals surface area contributed by atoms with E-state index in [0.29, 0.717) is 5.92 Å². The highest BCUT2D eigenvalue weighted by molar-refractivity contribution is 4.76. The van der Waals surface area contributed by atoms with Gasteiger partial charge in [0.15, 0.2) is 0 Å². The Morgan fingerprint density at radius 1 is 1.55 bits per heavy atom. The van der Waals surface area contributed by atoms with Gasteiger partial charge in [-0.15, -0.1) is 0 Å². The molecule has 0 aliphatic carbocycles. The van der Waals surface area contributed by atoms with E-state index in [2.05, 4.69) is 12.2 Å².